The number of hydrogen-bond acceptors (Lipinski definition) is 2. The zero-order valence-electron chi connectivity index (χ0n) is 7.34. The zero-order chi connectivity index (χ0) is 8.10. The number of nitrogens with zero attached hydrogens (tertiary/aromatic N) is 1. The van der Waals surface area contributed by atoms with E-state index in [1.165, 1.54) is 25.9 Å². The fraction of sp³-hybridized carbons (Fsp3) is 0.778. The van der Waals surface area contributed by atoms with Crippen molar-refractivity contribution in [2.75, 3.05) is 26.7 Å². The molecule has 0 aromatic carbocycles. The first-order valence-electron chi connectivity index (χ1n) is 4.35. The van der Waals surface area contributed by atoms with E-state index in [-0.39, 0.29) is 0 Å². The summed E-state index contributed by atoms with van der Waals surface area (Å²) in [5.74, 6) is 0. The number of hydrogen-bond donors (Lipinski definition) is 1. The van der Waals surface area contributed by atoms with Gasteiger partial charge in [0.2, 0.25) is 0 Å². The summed E-state index contributed by atoms with van der Waals surface area (Å²) in [6.07, 6.45) is 4.49. The van der Waals surface area contributed by atoms with Crippen LogP contribution in [-0.2, 0) is 0 Å². The number of likely N-dealkylation sites (tertiary alicyclic amines) is 1. The topological polar surface area (TPSA) is 15.3 Å². The van der Waals surface area contributed by atoms with Gasteiger partial charge in [0, 0.05) is 12.6 Å². The molecule has 64 valence electrons. The Balaban J connectivity index is 2.12. The molecule has 0 spiro atoms. The third-order valence-electron chi connectivity index (χ3n) is 2.27. The van der Waals surface area contributed by atoms with E-state index >= 15 is 0 Å². The average Bonchev–Trinajstić information content (AvgIpc) is 2.04. The highest BCUT2D eigenvalue weighted by atomic mass is 15.1. The van der Waals surface area contributed by atoms with E-state index in [2.05, 4.69) is 23.8 Å². The van der Waals surface area contributed by atoms with Crippen LogP contribution in [0.4, 0.5) is 0 Å². The van der Waals surface area contributed by atoms with Crippen LogP contribution in [0.25, 0.3) is 0 Å². The van der Waals surface area contributed by atoms with E-state index in [1.807, 2.05) is 6.08 Å². The Kier molecular flexibility index (Phi) is 3.60. The van der Waals surface area contributed by atoms with Crippen molar-refractivity contribution >= 4 is 0 Å². The zero-order valence-corrected chi connectivity index (χ0v) is 7.34. The molecule has 0 unspecified atom stereocenters. The lowest BCUT2D eigenvalue weighted by Gasteiger charge is -2.29. The fourth-order valence-electron chi connectivity index (χ4n) is 1.46. The normalized spacial score (nSPS) is 21.9. The summed E-state index contributed by atoms with van der Waals surface area (Å²) in [7, 11) is 2.18. The highest BCUT2D eigenvalue weighted by Crippen LogP contribution is 2.07. The van der Waals surface area contributed by atoms with Gasteiger partial charge in [0.25, 0.3) is 0 Å². The molecule has 0 saturated carbocycles. The summed E-state index contributed by atoms with van der Waals surface area (Å²) >= 11 is 0. The molecule has 1 aliphatic rings. The molecule has 0 aromatic rings. The molecule has 0 aliphatic carbocycles. The Morgan fingerprint density at radius 2 is 2.18 bits per heavy atom. The smallest absolute Gasteiger partial charge is 0.0134 e. The molecule has 0 aromatic heterocycles. The van der Waals surface area contributed by atoms with Crippen molar-refractivity contribution in [3.63, 3.8) is 0 Å². The van der Waals surface area contributed by atoms with E-state index in [0.717, 1.165) is 12.6 Å². The Morgan fingerprint density at radius 1 is 1.55 bits per heavy atom. The van der Waals surface area contributed by atoms with Crippen molar-refractivity contribution in [3.05, 3.63) is 12.7 Å². The van der Waals surface area contributed by atoms with Gasteiger partial charge in [0.05, 0.1) is 0 Å². The molecule has 0 atom stereocenters. The van der Waals surface area contributed by atoms with Gasteiger partial charge in [-0.15, -0.1) is 6.58 Å². The monoisotopic (exact) mass is 154 g/mol. The predicted molar refractivity (Wildman–Crippen MR) is 48.7 cm³/mol. The van der Waals surface area contributed by atoms with Gasteiger partial charge < -0.3 is 10.2 Å². The molecule has 1 fully saturated rings. The van der Waals surface area contributed by atoms with Gasteiger partial charge in [-0.2, -0.15) is 0 Å². The summed E-state index contributed by atoms with van der Waals surface area (Å²) in [6.45, 7) is 7.10. The second-order valence-corrected chi connectivity index (χ2v) is 3.27. The van der Waals surface area contributed by atoms with Crippen LogP contribution in [0.15, 0.2) is 12.7 Å². The SMILES string of the molecule is C=CCNC1CCN(C)CC1. The first kappa shape index (κ1) is 8.75. The number of piperidine rings is 1. The molecule has 1 N–H and O–H groups in total. The molecule has 1 saturated heterocycles. The van der Waals surface area contributed by atoms with Crippen molar-refractivity contribution in [2.24, 2.45) is 0 Å². The summed E-state index contributed by atoms with van der Waals surface area (Å²) < 4.78 is 0. The average molecular weight is 154 g/mol. The van der Waals surface area contributed by atoms with Gasteiger partial charge in [-0.3, -0.25) is 0 Å². The summed E-state index contributed by atoms with van der Waals surface area (Å²) in [4.78, 5) is 2.38. The molecule has 0 amide bonds. The first-order valence-corrected chi connectivity index (χ1v) is 4.35. The van der Waals surface area contributed by atoms with E-state index in [9.17, 15) is 0 Å². The molecular formula is C9H18N2. The van der Waals surface area contributed by atoms with Crippen molar-refractivity contribution in [1.29, 1.82) is 0 Å². The molecule has 11 heavy (non-hydrogen) atoms. The lowest BCUT2D eigenvalue weighted by molar-refractivity contribution is 0.238. The first-order chi connectivity index (χ1) is 5.33. The minimum absolute atomic E-state index is 0.726. The van der Waals surface area contributed by atoms with Gasteiger partial charge in [0.15, 0.2) is 0 Å². The van der Waals surface area contributed by atoms with Crippen molar-refractivity contribution in [2.45, 2.75) is 18.9 Å². The second kappa shape index (κ2) is 4.52. The largest absolute Gasteiger partial charge is 0.310 e. The Labute approximate surface area is 69.3 Å². The van der Waals surface area contributed by atoms with Gasteiger partial charge in [-0.1, -0.05) is 6.08 Å². The maximum absolute atomic E-state index is 3.69. The lowest BCUT2D eigenvalue weighted by atomic mass is 10.1. The van der Waals surface area contributed by atoms with E-state index in [1.54, 1.807) is 0 Å². The van der Waals surface area contributed by atoms with Crippen LogP contribution in [0.2, 0.25) is 0 Å². The van der Waals surface area contributed by atoms with E-state index < -0.39 is 0 Å². The third-order valence-corrected chi connectivity index (χ3v) is 2.27. The molecular weight excluding hydrogens is 136 g/mol. The third kappa shape index (κ3) is 3.04. The predicted octanol–water partition coefficient (Wildman–Crippen LogP) is 0.856. The molecule has 1 heterocycles. The maximum atomic E-state index is 3.69. The minimum atomic E-state index is 0.726. The molecule has 2 heteroatoms. The highest BCUT2D eigenvalue weighted by Gasteiger charge is 2.14. The van der Waals surface area contributed by atoms with E-state index in [4.69, 9.17) is 0 Å². The van der Waals surface area contributed by atoms with Crippen LogP contribution in [0.3, 0.4) is 0 Å². The van der Waals surface area contributed by atoms with Crippen LogP contribution < -0.4 is 5.32 Å². The Morgan fingerprint density at radius 3 is 2.73 bits per heavy atom. The lowest BCUT2D eigenvalue weighted by Crippen LogP contribution is -2.40. The van der Waals surface area contributed by atoms with Crippen LogP contribution in [0.5, 0.6) is 0 Å². The van der Waals surface area contributed by atoms with Gasteiger partial charge >= 0.3 is 0 Å². The van der Waals surface area contributed by atoms with Crippen LogP contribution in [-0.4, -0.2) is 37.6 Å². The maximum Gasteiger partial charge on any atom is 0.0134 e. The highest BCUT2D eigenvalue weighted by molar-refractivity contribution is 4.79. The quantitative estimate of drug-likeness (QED) is 0.606. The second-order valence-electron chi connectivity index (χ2n) is 3.27. The molecule has 2 nitrogen and oxygen atoms in total. The Hall–Kier alpha value is -0.340. The van der Waals surface area contributed by atoms with Gasteiger partial charge in [-0.05, 0) is 33.0 Å². The van der Waals surface area contributed by atoms with Crippen LogP contribution in [0, 0.1) is 0 Å². The van der Waals surface area contributed by atoms with Crippen LogP contribution in [0.1, 0.15) is 12.8 Å². The molecule has 1 rings (SSSR count). The van der Waals surface area contributed by atoms with Crippen LogP contribution >= 0.6 is 0 Å². The summed E-state index contributed by atoms with van der Waals surface area (Å²) in [6, 6.07) is 0.726. The number of nitrogens with one attached hydrogen (secondary N) is 1. The fourth-order valence-corrected chi connectivity index (χ4v) is 1.46. The molecule has 0 radical (unpaired) electrons. The van der Waals surface area contributed by atoms with Gasteiger partial charge in [-0.25, -0.2) is 0 Å². The summed E-state index contributed by atoms with van der Waals surface area (Å²) in [5, 5.41) is 3.45. The standard InChI is InChI=1S/C9H18N2/c1-3-6-10-9-4-7-11(2)8-5-9/h3,9-10H,1,4-8H2,2H3. The van der Waals surface area contributed by atoms with Crippen molar-refractivity contribution in [1.82, 2.24) is 10.2 Å². The minimum Gasteiger partial charge on any atom is -0.310 e. The van der Waals surface area contributed by atoms with Gasteiger partial charge in [0.1, 0.15) is 0 Å². The van der Waals surface area contributed by atoms with Crippen molar-refractivity contribution in [3.8, 4) is 0 Å². The molecule has 0 bridgehead atoms. The van der Waals surface area contributed by atoms with Crippen molar-refractivity contribution < 1.29 is 0 Å². The van der Waals surface area contributed by atoms with E-state index in [0.29, 0.717) is 0 Å². The summed E-state index contributed by atoms with van der Waals surface area (Å²) in [5.41, 5.74) is 0. The molecule has 1 aliphatic heterocycles. The Bertz CT molecular complexity index is 115. The number of rotatable bonds is 3.